The fraction of sp³-hybridized carbons (Fsp3) is 0.278. The van der Waals surface area contributed by atoms with Crippen molar-refractivity contribution in [2.45, 2.75) is 24.7 Å². The number of sulfonamides is 1. The number of anilines is 2. The molecule has 0 atom stereocenters. The molecule has 6 nitrogen and oxygen atoms in total. The van der Waals surface area contributed by atoms with E-state index in [0.29, 0.717) is 30.1 Å². The Balaban J connectivity index is 1.90. The highest BCUT2D eigenvalue weighted by atomic mass is 79.9. The molecule has 0 saturated carbocycles. The molecule has 2 aromatic rings. The molecule has 0 bridgehead atoms. The second-order valence-electron chi connectivity index (χ2n) is 6.05. The number of benzene rings is 2. The van der Waals surface area contributed by atoms with Crippen molar-refractivity contribution in [1.82, 2.24) is 0 Å². The number of hydrogen-bond donors (Lipinski definition) is 1. The maximum absolute atomic E-state index is 12.6. The number of carbonyl (C=O) groups excluding carboxylic acids is 1. The maximum atomic E-state index is 12.6. The van der Waals surface area contributed by atoms with Crippen molar-refractivity contribution < 1.29 is 17.9 Å². The van der Waals surface area contributed by atoms with E-state index in [1.807, 2.05) is 6.92 Å². The largest absolute Gasteiger partial charge is 0.494 e. The molecular formula is C18H19BrN2O4S. The van der Waals surface area contributed by atoms with Gasteiger partial charge in [0, 0.05) is 23.5 Å². The smallest absolute Gasteiger partial charge is 0.261 e. The molecule has 1 saturated heterocycles. The minimum absolute atomic E-state index is 0.0435. The van der Waals surface area contributed by atoms with E-state index in [4.69, 9.17) is 4.74 Å². The van der Waals surface area contributed by atoms with Crippen LogP contribution < -0.4 is 14.4 Å². The number of ether oxygens (including phenoxy) is 1. The molecule has 1 heterocycles. The van der Waals surface area contributed by atoms with E-state index in [1.165, 1.54) is 13.2 Å². The SMILES string of the molecule is COc1cc(NS(=O)(=O)c2ccc(Br)c(C)c2)ccc1N1CCCC1=O. The van der Waals surface area contributed by atoms with Gasteiger partial charge in [0.05, 0.1) is 23.4 Å². The summed E-state index contributed by atoms with van der Waals surface area (Å²) in [6, 6.07) is 9.76. The topological polar surface area (TPSA) is 75.7 Å². The Morgan fingerprint density at radius 2 is 1.96 bits per heavy atom. The lowest BCUT2D eigenvalue weighted by molar-refractivity contribution is -0.117. The summed E-state index contributed by atoms with van der Waals surface area (Å²) in [5.41, 5.74) is 1.85. The second kappa shape index (κ2) is 7.28. The fourth-order valence-electron chi connectivity index (χ4n) is 2.87. The Morgan fingerprint density at radius 1 is 1.19 bits per heavy atom. The van der Waals surface area contributed by atoms with Gasteiger partial charge in [-0.05, 0) is 49.2 Å². The fourth-order valence-corrected chi connectivity index (χ4v) is 4.25. The number of hydrogen-bond acceptors (Lipinski definition) is 4. The summed E-state index contributed by atoms with van der Waals surface area (Å²) in [5.74, 6) is 0.495. The van der Waals surface area contributed by atoms with Crippen molar-refractivity contribution in [3.8, 4) is 5.75 Å². The Hall–Kier alpha value is -2.06. The third-order valence-corrected chi connectivity index (χ3v) is 6.50. The molecule has 8 heteroatoms. The van der Waals surface area contributed by atoms with Crippen molar-refractivity contribution in [3.63, 3.8) is 0 Å². The van der Waals surface area contributed by atoms with Crippen LogP contribution in [0, 0.1) is 6.92 Å². The first-order valence-electron chi connectivity index (χ1n) is 8.09. The molecule has 0 unspecified atom stereocenters. The average molecular weight is 439 g/mol. The van der Waals surface area contributed by atoms with Crippen LogP contribution in [0.1, 0.15) is 18.4 Å². The van der Waals surface area contributed by atoms with E-state index < -0.39 is 10.0 Å². The summed E-state index contributed by atoms with van der Waals surface area (Å²) in [6.07, 6.45) is 1.32. The highest BCUT2D eigenvalue weighted by Gasteiger charge is 2.25. The monoisotopic (exact) mass is 438 g/mol. The quantitative estimate of drug-likeness (QED) is 0.771. The number of nitrogens with one attached hydrogen (secondary N) is 1. The van der Waals surface area contributed by atoms with Crippen molar-refractivity contribution >= 4 is 43.2 Å². The second-order valence-corrected chi connectivity index (χ2v) is 8.59. The number of halogens is 1. The molecular weight excluding hydrogens is 420 g/mol. The molecule has 1 N–H and O–H groups in total. The summed E-state index contributed by atoms with van der Waals surface area (Å²) < 4.78 is 34.0. The van der Waals surface area contributed by atoms with Crippen LogP contribution in [0.25, 0.3) is 0 Å². The van der Waals surface area contributed by atoms with Crippen LogP contribution in [-0.2, 0) is 14.8 Å². The van der Waals surface area contributed by atoms with Crippen LogP contribution in [0.4, 0.5) is 11.4 Å². The molecule has 0 aliphatic carbocycles. The van der Waals surface area contributed by atoms with Gasteiger partial charge in [-0.2, -0.15) is 0 Å². The molecule has 2 aromatic carbocycles. The van der Waals surface area contributed by atoms with Crippen LogP contribution in [0.3, 0.4) is 0 Å². The zero-order valence-corrected chi connectivity index (χ0v) is 16.9. The first-order chi connectivity index (χ1) is 12.3. The lowest BCUT2D eigenvalue weighted by Gasteiger charge is -2.20. The summed E-state index contributed by atoms with van der Waals surface area (Å²) in [4.78, 5) is 13.8. The zero-order chi connectivity index (χ0) is 18.9. The third kappa shape index (κ3) is 3.71. The van der Waals surface area contributed by atoms with Crippen molar-refractivity contribution in [3.05, 3.63) is 46.4 Å². The van der Waals surface area contributed by atoms with E-state index in [1.54, 1.807) is 35.2 Å². The Morgan fingerprint density at radius 3 is 2.58 bits per heavy atom. The lowest BCUT2D eigenvalue weighted by Crippen LogP contribution is -2.24. The normalized spacial score (nSPS) is 14.6. The van der Waals surface area contributed by atoms with E-state index in [9.17, 15) is 13.2 Å². The van der Waals surface area contributed by atoms with Crippen molar-refractivity contribution in [2.24, 2.45) is 0 Å². The molecule has 0 radical (unpaired) electrons. The summed E-state index contributed by atoms with van der Waals surface area (Å²) in [5, 5.41) is 0. The van der Waals surface area contributed by atoms with Gasteiger partial charge in [-0.25, -0.2) is 8.42 Å². The van der Waals surface area contributed by atoms with Crippen LogP contribution in [0.15, 0.2) is 45.8 Å². The predicted octanol–water partition coefficient (Wildman–Crippen LogP) is 3.69. The average Bonchev–Trinajstić information content (AvgIpc) is 3.02. The van der Waals surface area contributed by atoms with Crippen molar-refractivity contribution in [1.29, 1.82) is 0 Å². The predicted molar refractivity (Wildman–Crippen MR) is 104 cm³/mol. The van der Waals surface area contributed by atoms with Gasteiger partial charge in [-0.1, -0.05) is 15.9 Å². The van der Waals surface area contributed by atoms with E-state index >= 15 is 0 Å². The van der Waals surface area contributed by atoms with Crippen LogP contribution in [0.2, 0.25) is 0 Å². The van der Waals surface area contributed by atoms with Crippen molar-refractivity contribution in [2.75, 3.05) is 23.3 Å². The summed E-state index contributed by atoms with van der Waals surface area (Å²) >= 11 is 3.36. The van der Waals surface area contributed by atoms with E-state index in [2.05, 4.69) is 20.7 Å². The number of aryl methyl sites for hydroxylation is 1. The van der Waals surface area contributed by atoms with Gasteiger partial charge >= 0.3 is 0 Å². The lowest BCUT2D eigenvalue weighted by atomic mass is 10.2. The molecule has 1 aliphatic heterocycles. The summed E-state index contributed by atoms with van der Waals surface area (Å²) in [7, 11) is -2.23. The van der Waals surface area contributed by atoms with Gasteiger partial charge < -0.3 is 9.64 Å². The van der Waals surface area contributed by atoms with Crippen LogP contribution in [-0.4, -0.2) is 28.0 Å². The van der Waals surface area contributed by atoms with Crippen LogP contribution >= 0.6 is 15.9 Å². The molecule has 1 aliphatic rings. The Labute approximate surface area is 161 Å². The van der Waals surface area contributed by atoms with E-state index in [-0.39, 0.29) is 10.8 Å². The third-order valence-electron chi connectivity index (χ3n) is 4.24. The van der Waals surface area contributed by atoms with E-state index in [0.717, 1.165) is 16.5 Å². The van der Waals surface area contributed by atoms with Crippen LogP contribution in [0.5, 0.6) is 5.75 Å². The molecule has 138 valence electrons. The van der Waals surface area contributed by atoms with Gasteiger partial charge in [0.1, 0.15) is 5.75 Å². The molecule has 26 heavy (non-hydrogen) atoms. The van der Waals surface area contributed by atoms with Gasteiger partial charge in [0.15, 0.2) is 0 Å². The first-order valence-corrected chi connectivity index (χ1v) is 10.4. The molecule has 1 fully saturated rings. The highest BCUT2D eigenvalue weighted by Crippen LogP contribution is 2.34. The van der Waals surface area contributed by atoms with Gasteiger partial charge in [0.2, 0.25) is 5.91 Å². The Kier molecular flexibility index (Phi) is 5.24. The Bertz CT molecular complexity index is 960. The number of nitrogens with zero attached hydrogens (tertiary/aromatic N) is 1. The number of methoxy groups -OCH3 is 1. The molecule has 1 amide bonds. The minimum Gasteiger partial charge on any atom is -0.494 e. The number of amides is 1. The zero-order valence-electron chi connectivity index (χ0n) is 14.5. The number of rotatable bonds is 5. The highest BCUT2D eigenvalue weighted by molar-refractivity contribution is 9.10. The standard InChI is InChI=1S/C18H19BrN2O4S/c1-12-10-14(6-7-15(12)19)26(23,24)20-13-5-8-16(17(11-13)25-2)21-9-3-4-18(21)22/h5-8,10-11,20H,3-4,9H2,1-2H3. The molecule has 3 rings (SSSR count). The molecule has 0 aromatic heterocycles. The first kappa shape index (κ1) is 18.7. The maximum Gasteiger partial charge on any atom is 0.261 e. The van der Waals surface area contributed by atoms with Gasteiger partial charge in [-0.15, -0.1) is 0 Å². The van der Waals surface area contributed by atoms with Gasteiger partial charge in [-0.3, -0.25) is 9.52 Å². The minimum atomic E-state index is -3.73. The number of carbonyl (C=O) groups is 1. The summed E-state index contributed by atoms with van der Waals surface area (Å²) in [6.45, 7) is 2.46. The molecule has 0 spiro atoms. The van der Waals surface area contributed by atoms with Gasteiger partial charge in [0.25, 0.3) is 10.0 Å².